The maximum atomic E-state index is 12.2. The summed E-state index contributed by atoms with van der Waals surface area (Å²) in [6, 6.07) is 1.11. The molecule has 1 heterocycles. The Morgan fingerprint density at radius 3 is 2.64 bits per heavy atom. The first-order valence-corrected chi connectivity index (χ1v) is 3.91. The molecular weight excluding hydrogens is 218 g/mol. The van der Waals surface area contributed by atoms with Crippen LogP contribution in [0.15, 0.2) is 6.07 Å². The van der Waals surface area contributed by atoms with Crippen LogP contribution in [0, 0.1) is 17.0 Å². The quantitative estimate of drug-likeness (QED) is 0.571. The highest BCUT2D eigenvalue weighted by Gasteiger charge is 2.24. The fourth-order valence-corrected chi connectivity index (χ4v) is 1.21. The number of aromatic nitrogens is 1. The van der Waals surface area contributed by atoms with E-state index in [0.29, 0.717) is 0 Å². The maximum Gasteiger partial charge on any atom is 0.366 e. The van der Waals surface area contributed by atoms with Gasteiger partial charge in [0.05, 0.1) is 5.02 Å². The van der Waals surface area contributed by atoms with Crippen molar-refractivity contribution in [3.05, 3.63) is 32.5 Å². The zero-order valence-corrected chi connectivity index (χ0v) is 7.76. The number of halogens is 3. The number of rotatable bonds is 2. The first-order chi connectivity index (χ1) is 6.43. The molecule has 0 radical (unpaired) electrons. The topological polar surface area (TPSA) is 56.0 Å². The Balaban J connectivity index is 3.34. The summed E-state index contributed by atoms with van der Waals surface area (Å²) < 4.78 is 24.5. The molecule has 0 saturated heterocycles. The molecule has 1 rings (SSSR count). The summed E-state index contributed by atoms with van der Waals surface area (Å²) in [6.07, 6.45) is -2.92. The van der Waals surface area contributed by atoms with Crippen molar-refractivity contribution < 1.29 is 13.7 Å². The molecule has 0 amide bonds. The van der Waals surface area contributed by atoms with Crippen molar-refractivity contribution in [2.75, 3.05) is 0 Å². The van der Waals surface area contributed by atoms with Crippen molar-refractivity contribution in [1.29, 1.82) is 0 Å². The van der Waals surface area contributed by atoms with Gasteiger partial charge in [0.25, 0.3) is 0 Å². The third kappa shape index (κ3) is 1.95. The maximum absolute atomic E-state index is 12.2. The predicted molar refractivity (Wildman–Crippen MR) is 45.6 cm³/mol. The molecule has 14 heavy (non-hydrogen) atoms. The standard InChI is InChI=1S/C7H5ClF2N2O2/c1-3-2-4(8)5(6(9)10)11-7(3)12(13)14/h2,6H,1H3. The average molecular weight is 223 g/mol. The van der Waals surface area contributed by atoms with Gasteiger partial charge >= 0.3 is 12.2 Å². The second kappa shape index (κ2) is 3.83. The molecule has 0 aliphatic rings. The molecule has 76 valence electrons. The minimum Gasteiger partial charge on any atom is -0.358 e. The highest BCUT2D eigenvalue weighted by Crippen LogP contribution is 2.29. The van der Waals surface area contributed by atoms with E-state index in [2.05, 4.69) is 4.98 Å². The molecule has 1 aromatic heterocycles. The summed E-state index contributed by atoms with van der Waals surface area (Å²) in [6.45, 7) is 1.38. The molecule has 7 heteroatoms. The molecule has 0 aliphatic heterocycles. The zero-order valence-electron chi connectivity index (χ0n) is 7.00. The van der Waals surface area contributed by atoms with Crippen LogP contribution in [0.5, 0.6) is 0 Å². The summed E-state index contributed by atoms with van der Waals surface area (Å²) >= 11 is 5.44. The number of aryl methyl sites for hydroxylation is 1. The lowest BCUT2D eigenvalue weighted by atomic mass is 10.2. The molecule has 0 fully saturated rings. The molecule has 0 N–H and O–H groups in total. The van der Waals surface area contributed by atoms with Gasteiger partial charge in [-0.15, -0.1) is 0 Å². The van der Waals surface area contributed by atoms with Gasteiger partial charge in [-0.05, 0) is 22.9 Å². The molecule has 0 bridgehead atoms. The third-order valence-corrected chi connectivity index (χ3v) is 1.85. The summed E-state index contributed by atoms with van der Waals surface area (Å²) in [7, 11) is 0. The SMILES string of the molecule is Cc1cc(Cl)c(C(F)F)nc1[N+](=O)[O-]. The van der Waals surface area contributed by atoms with Crippen LogP contribution in [0.1, 0.15) is 17.7 Å². The number of hydrogen-bond donors (Lipinski definition) is 0. The minimum absolute atomic E-state index is 0.157. The molecule has 0 spiro atoms. The van der Waals surface area contributed by atoms with Crippen LogP contribution in [0.4, 0.5) is 14.6 Å². The van der Waals surface area contributed by atoms with Gasteiger partial charge in [0.15, 0.2) is 0 Å². The van der Waals surface area contributed by atoms with Crippen LogP contribution >= 0.6 is 11.6 Å². The first kappa shape index (κ1) is 10.8. The fraction of sp³-hybridized carbons (Fsp3) is 0.286. The molecule has 1 aromatic rings. The highest BCUT2D eigenvalue weighted by atomic mass is 35.5. The van der Waals surface area contributed by atoms with E-state index in [1.807, 2.05) is 0 Å². The molecule has 0 aromatic carbocycles. The minimum atomic E-state index is -2.92. The van der Waals surface area contributed by atoms with Crippen LogP contribution in [0.25, 0.3) is 0 Å². The largest absolute Gasteiger partial charge is 0.366 e. The summed E-state index contributed by atoms with van der Waals surface area (Å²) in [5.74, 6) is -0.593. The Morgan fingerprint density at radius 2 is 2.21 bits per heavy atom. The van der Waals surface area contributed by atoms with Crippen molar-refractivity contribution in [3.63, 3.8) is 0 Å². The molecular formula is C7H5ClF2N2O2. The van der Waals surface area contributed by atoms with Crippen LogP contribution in [-0.2, 0) is 0 Å². The number of pyridine rings is 1. The second-order valence-electron chi connectivity index (χ2n) is 2.55. The lowest BCUT2D eigenvalue weighted by Crippen LogP contribution is -2.00. The van der Waals surface area contributed by atoms with E-state index in [-0.39, 0.29) is 10.6 Å². The summed E-state index contributed by atoms with van der Waals surface area (Å²) in [5.41, 5.74) is -0.603. The third-order valence-electron chi connectivity index (χ3n) is 1.55. The van der Waals surface area contributed by atoms with E-state index in [4.69, 9.17) is 11.6 Å². The van der Waals surface area contributed by atoms with Crippen LogP contribution in [0.2, 0.25) is 5.02 Å². The lowest BCUT2D eigenvalue weighted by Gasteiger charge is -2.00. The van der Waals surface area contributed by atoms with Gasteiger partial charge in [-0.2, -0.15) is 0 Å². The fourth-order valence-electron chi connectivity index (χ4n) is 0.922. The highest BCUT2D eigenvalue weighted by molar-refractivity contribution is 6.31. The number of alkyl halides is 2. The molecule has 0 atom stereocenters. The van der Waals surface area contributed by atoms with E-state index in [1.165, 1.54) is 6.92 Å². The van der Waals surface area contributed by atoms with Crippen LogP contribution < -0.4 is 0 Å². The Kier molecular flexibility index (Phi) is 2.95. The summed E-state index contributed by atoms with van der Waals surface area (Å²) in [5, 5.41) is 10.1. The van der Waals surface area contributed by atoms with Gasteiger partial charge in [-0.3, -0.25) is 0 Å². The monoisotopic (exact) mass is 222 g/mol. The van der Waals surface area contributed by atoms with E-state index in [9.17, 15) is 18.9 Å². The Labute approximate surface area is 82.7 Å². The molecule has 0 unspecified atom stereocenters. The van der Waals surface area contributed by atoms with Gasteiger partial charge in [0, 0.05) is 5.56 Å². The summed E-state index contributed by atoms with van der Waals surface area (Å²) in [4.78, 5) is 12.7. The van der Waals surface area contributed by atoms with Crippen molar-refractivity contribution in [2.45, 2.75) is 13.3 Å². The van der Waals surface area contributed by atoms with Crippen molar-refractivity contribution >= 4 is 17.4 Å². The molecule has 0 aliphatic carbocycles. The second-order valence-corrected chi connectivity index (χ2v) is 2.96. The van der Waals surface area contributed by atoms with Gasteiger partial charge in [0.2, 0.25) is 5.69 Å². The van der Waals surface area contributed by atoms with Crippen LogP contribution in [-0.4, -0.2) is 9.91 Å². The van der Waals surface area contributed by atoms with Crippen molar-refractivity contribution in [3.8, 4) is 0 Å². The van der Waals surface area contributed by atoms with Crippen LogP contribution in [0.3, 0.4) is 0 Å². The van der Waals surface area contributed by atoms with Gasteiger partial charge in [0.1, 0.15) is 0 Å². The lowest BCUT2D eigenvalue weighted by molar-refractivity contribution is -0.390. The van der Waals surface area contributed by atoms with E-state index < -0.39 is 22.9 Å². The van der Waals surface area contributed by atoms with E-state index >= 15 is 0 Å². The van der Waals surface area contributed by atoms with Gasteiger partial charge in [-0.25, -0.2) is 8.78 Å². The van der Waals surface area contributed by atoms with Crippen molar-refractivity contribution in [1.82, 2.24) is 4.98 Å². The Hall–Kier alpha value is -1.30. The Morgan fingerprint density at radius 1 is 1.64 bits per heavy atom. The van der Waals surface area contributed by atoms with E-state index in [1.54, 1.807) is 0 Å². The number of nitro groups is 1. The predicted octanol–water partition coefficient (Wildman–Crippen LogP) is 2.89. The smallest absolute Gasteiger partial charge is 0.358 e. The average Bonchev–Trinajstić information content (AvgIpc) is 2.02. The normalized spacial score (nSPS) is 10.6. The Bertz CT molecular complexity index is 384. The number of nitrogens with zero attached hydrogens (tertiary/aromatic N) is 2. The van der Waals surface area contributed by atoms with Crippen molar-refractivity contribution in [2.24, 2.45) is 0 Å². The molecule has 4 nitrogen and oxygen atoms in total. The van der Waals surface area contributed by atoms with Gasteiger partial charge in [-0.1, -0.05) is 11.6 Å². The van der Waals surface area contributed by atoms with Gasteiger partial charge < -0.3 is 10.1 Å². The zero-order chi connectivity index (χ0) is 10.9. The first-order valence-electron chi connectivity index (χ1n) is 3.53. The molecule has 0 saturated carbocycles. The van der Waals surface area contributed by atoms with E-state index in [0.717, 1.165) is 6.07 Å². The number of hydrogen-bond acceptors (Lipinski definition) is 3.